The molecule has 0 aliphatic rings. The lowest BCUT2D eigenvalue weighted by Gasteiger charge is -2.12. The quantitative estimate of drug-likeness (QED) is 0.176. The number of aromatic nitrogens is 2. The molecule has 0 fully saturated rings. The summed E-state index contributed by atoms with van der Waals surface area (Å²) in [5, 5.41) is 10.3. The molecule has 0 saturated heterocycles. The van der Waals surface area contributed by atoms with Crippen molar-refractivity contribution in [3.8, 4) is 39.2 Å². The lowest BCUT2D eigenvalue weighted by Crippen LogP contribution is -1.93. The van der Waals surface area contributed by atoms with Gasteiger partial charge in [-0.25, -0.2) is 4.98 Å². The highest BCUT2D eigenvalue weighted by molar-refractivity contribution is 7.26. The van der Waals surface area contributed by atoms with Gasteiger partial charge in [0.15, 0.2) is 0 Å². The first-order valence-electron chi connectivity index (χ1n) is 18.6. The molecule has 0 saturated carbocycles. The van der Waals surface area contributed by atoms with Crippen molar-refractivity contribution in [3.05, 3.63) is 182 Å². The summed E-state index contributed by atoms with van der Waals surface area (Å²) >= 11 is 3.65. The number of fused-ring (bicyclic) bond motifs is 11. The first kappa shape index (κ1) is 30.8. The summed E-state index contributed by atoms with van der Waals surface area (Å²) in [7, 11) is 0. The molecule has 0 N–H and O–H groups in total. The van der Waals surface area contributed by atoms with Crippen molar-refractivity contribution in [2.24, 2.45) is 0 Å². The predicted molar refractivity (Wildman–Crippen MR) is 238 cm³/mol. The highest BCUT2D eigenvalue weighted by atomic mass is 32.1. The Kier molecular flexibility index (Phi) is 6.70. The smallest absolute Gasteiger partial charge is 0.125 e. The molecule has 0 radical (unpaired) electrons. The van der Waals surface area contributed by atoms with Crippen LogP contribution in [0.4, 0.5) is 0 Å². The lowest BCUT2D eigenvalue weighted by atomic mass is 9.96. The second-order valence-electron chi connectivity index (χ2n) is 14.3. The van der Waals surface area contributed by atoms with Gasteiger partial charge in [-0.3, -0.25) is 0 Å². The Hall–Kier alpha value is -6.59. The van der Waals surface area contributed by atoms with Gasteiger partial charge < -0.3 is 4.57 Å². The summed E-state index contributed by atoms with van der Waals surface area (Å²) < 4.78 is 6.35. The number of benzene rings is 8. The molecular weight excluding hydrogens is 705 g/mol. The van der Waals surface area contributed by atoms with Crippen molar-refractivity contribution in [1.82, 2.24) is 9.55 Å². The first-order valence-corrected chi connectivity index (χ1v) is 20.2. The van der Waals surface area contributed by atoms with Gasteiger partial charge in [0.1, 0.15) is 4.83 Å². The van der Waals surface area contributed by atoms with Crippen LogP contribution in [0.5, 0.6) is 0 Å². The number of hydrogen-bond acceptors (Lipinski definition) is 3. The number of thiophene rings is 2. The van der Waals surface area contributed by atoms with E-state index in [9.17, 15) is 0 Å². The van der Waals surface area contributed by atoms with Gasteiger partial charge in [0.25, 0.3) is 0 Å². The molecule has 0 aliphatic carbocycles. The molecule has 12 aromatic rings. The van der Waals surface area contributed by atoms with Crippen LogP contribution in [0, 0.1) is 0 Å². The third-order valence-corrected chi connectivity index (χ3v) is 13.4. The molecule has 4 heteroatoms. The number of rotatable bonds is 4. The van der Waals surface area contributed by atoms with Gasteiger partial charge in [0, 0.05) is 63.2 Å². The van der Waals surface area contributed by atoms with Crippen molar-refractivity contribution < 1.29 is 0 Å². The Morgan fingerprint density at radius 3 is 1.91 bits per heavy atom. The van der Waals surface area contributed by atoms with E-state index in [1.165, 1.54) is 84.9 Å². The molecule has 0 bridgehead atoms. The Morgan fingerprint density at radius 2 is 1.07 bits per heavy atom. The van der Waals surface area contributed by atoms with E-state index in [0.29, 0.717) is 0 Å². The SMILES string of the molecule is c1ccc(-c2cc3c(nc2-c2ccc(-c4ccc(-n5c6ccccc6c6cc7c(cc65)sc5ccc6ccccc6c57)cc4)cc2)sc2ccccc23)cc1. The summed E-state index contributed by atoms with van der Waals surface area (Å²) in [6.45, 7) is 0. The summed E-state index contributed by atoms with van der Waals surface area (Å²) in [6.07, 6.45) is 0. The molecule has 8 aromatic carbocycles. The van der Waals surface area contributed by atoms with Gasteiger partial charge in [-0.05, 0) is 76.0 Å². The van der Waals surface area contributed by atoms with Crippen LogP contribution in [-0.2, 0) is 0 Å². The molecule has 2 nitrogen and oxygen atoms in total. The summed E-state index contributed by atoms with van der Waals surface area (Å²) in [5.41, 5.74) is 10.4. The summed E-state index contributed by atoms with van der Waals surface area (Å²) in [4.78, 5) is 6.38. The maximum atomic E-state index is 5.31. The Labute approximate surface area is 324 Å². The van der Waals surface area contributed by atoms with Gasteiger partial charge in [0.05, 0.1) is 16.7 Å². The van der Waals surface area contributed by atoms with E-state index in [1.54, 1.807) is 11.3 Å². The highest BCUT2D eigenvalue weighted by Gasteiger charge is 2.18. The van der Waals surface area contributed by atoms with Gasteiger partial charge in [0.2, 0.25) is 0 Å². The number of nitrogens with zero attached hydrogens (tertiary/aromatic N) is 2. The average Bonchev–Trinajstić information content (AvgIpc) is 3.91. The lowest BCUT2D eigenvalue weighted by molar-refractivity contribution is 1.18. The van der Waals surface area contributed by atoms with Crippen LogP contribution in [0.15, 0.2) is 182 Å². The van der Waals surface area contributed by atoms with Crippen LogP contribution in [-0.4, -0.2) is 9.55 Å². The Bertz CT molecular complexity index is 3460. The summed E-state index contributed by atoms with van der Waals surface area (Å²) in [6, 6.07) is 66.5. The normalized spacial score (nSPS) is 12.0. The van der Waals surface area contributed by atoms with Crippen molar-refractivity contribution in [3.63, 3.8) is 0 Å². The fourth-order valence-corrected chi connectivity index (χ4v) is 10.8. The largest absolute Gasteiger partial charge is 0.309 e. The van der Waals surface area contributed by atoms with E-state index in [1.807, 2.05) is 11.3 Å². The van der Waals surface area contributed by atoms with Crippen LogP contribution >= 0.6 is 22.7 Å². The third kappa shape index (κ3) is 4.75. The molecule has 0 unspecified atom stereocenters. The van der Waals surface area contributed by atoms with E-state index in [2.05, 4.69) is 187 Å². The minimum absolute atomic E-state index is 1.01. The average molecular weight is 735 g/mol. The number of hydrogen-bond donors (Lipinski definition) is 0. The van der Waals surface area contributed by atoms with Gasteiger partial charge in [-0.1, -0.05) is 133 Å². The number of para-hydroxylation sites is 1. The topological polar surface area (TPSA) is 17.8 Å². The van der Waals surface area contributed by atoms with Crippen molar-refractivity contribution in [2.45, 2.75) is 0 Å². The van der Waals surface area contributed by atoms with Crippen molar-refractivity contribution >= 4 is 95.7 Å². The molecule has 0 aliphatic heterocycles. The zero-order chi connectivity index (χ0) is 36.0. The Morgan fingerprint density at radius 1 is 0.382 bits per heavy atom. The van der Waals surface area contributed by atoms with Gasteiger partial charge in [-0.2, -0.15) is 0 Å². The molecule has 55 heavy (non-hydrogen) atoms. The van der Waals surface area contributed by atoms with Crippen LogP contribution in [0.2, 0.25) is 0 Å². The second-order valence-corrected chi connectivity index (χ2v) is 16.4. The number of pyridine rings is 1. The van der Waals surface area contributed by atoms with Crippen LogP contribution in [0.25, 0.3) is 112 Å². The third-order valence-electron chi connectivity index (χ3n) is 11.2. The zero-order valence-electron chi connectivity index (χ0n) is 29.5. The molecule has 256 valence electrons. The predicted octanol–water partition coefficient (Wildman–Crippen LogP) is 15.1. The highest BCUT2D eigenvalue weighted by Crippen LogP contribution is 2.44. The molecule has 4 aromatic heterocycles. The molecular formula is C51H30N2S2. The molecule has 0 spiro atoms. The molecule has 0 atom stereocenters. The standard InChI is InChI=1S/C51H30N2S2/c1-2-10-33(11-3-1)40-28-42-39-15-7-9-17-46(39)55-51(42)52-50(40)35-20-18-31(19-21-35)32-22-25-36(26-23-32)53-44-16-8-6-14-38(44)41-29-43-48(30-45(41)53)54-47-27-24-34-12-4-5-13-37(34)49(43)47/h1-30H. The Balaban J connectivity index is 0.948. The van der Waals surface area contributed by atoms with E-state index in [-0.39, 0.29) is 0 Å². The van der Waals surface area contributed by atoms with Crippen LogP contribution < -0.4 is 0 Å². The van der Waals surface area contributed by atoms with Crippen molar-refractivity contribution in [1.29, 1.82) is 0 Å². The fraction of sp³-hybridized carbons (Fsp3) is 0. The minimum atomic E-state index is 1.01. The fourth-order valence-electron chi connectivity index (χ4n) is 8.62. The van der Waals surface area contributed by atoms with Gasteiger partial charge in [-0.15, -0.1) is 22.7 Å². The first-order chi connectivity index (χ1) is 27.2. The van der Waals surface area contributed by atoms with E-state index >= 15 is 0 Å². The maximum Gasteiger partial charge on any atom is 0.125 e. The summed E-state index contributed by atoms with van der Waals surface area (Å²) in [5.74, 6) is 0. The van der Waals surface area contributed by atoms with Crippen molar-refractivity contribution in [2.75, 3.05) is 0 Å². The maximum absolute atomic E-state index is 5.31. The second kappa shape index (κ2) is 12.0. The van der Waals surface area contributed by atoms with E-state index in [0.717, 1.165) is 27.3 Å². The van der Waals surface area contributed by atoms with E-state index < -0.39 is 0 Å². The van der Waals surface area contributed by atoms with Crippen LogP contribution in [0.1, 0.15) is 0 Å². The molecule has 0 amide bonds. The van der Waals surface area contributed by atoms with Gasteiger partial charge >= 0.3 is 0 Å². The van der Waals surface area contributed by atoms with E-state index in [4.69, 9.17) is 4.98 Å². The zero-order valence-corrected chi connectivity index (χ0v) is 31.2. The minimum Gasteiger partial charge on any atom is -0.309 e. The molecule has 12 rings (SSSR count). The van der Waals surface area contributed by atoms with Crippen LogP contribution in [0.3, 0.4) is 0 Å². The monoisotopic (exact) mass is 734 g/mol. The molecule has 4 heterocycles.